The molecule has 1 aromatic rings. The van der Waals surface area contributed by atoms with Crippen LogP contribution >= 0.6 is 0 Å². The number of nitrogens with zero attached hydrogens (tertiary/aromatic N) is 2. The molecule has 0 aliphatic heterocycles. The van der Waals surface area contributed by atoms with Crippen molar-refractivity contribution in [3.8, 4) is 6.07 Å². The SMILES string of the molecule is CN(C(=O)CN)c1ccc(C#N)cc1. The minimum absolute atomic E-state index is 0.0174. The molecule has 0 fully saturated rings. The summed E-state index contributed by atoms with van der Waals surface area (Å²) in [5.41, 5.74) is 6.53. The zero-order valence-electron chi connectivity index (χ0n) is 7.90. The van der Waals surface area contributed by atoms with E-state index in [4.69, 9.17) is 11.0 Å². The van der Waals surface area contributed by atoms with Gasteiger partial charge in [0.1, 0.15) is 0 Å². The van der Waals surface area contributed by atoms with Crippen LogP contribution in [0.3, 0.4) is 0 Å². The molecule has 1 aromatic carbocycles. The fraction of sp³-hybridized carbons (Fsp3) is 0.200. The molecule has 0 saturated heterocycles. The summed E-state index contributed by atoms with van der Waals surface area (Å²) in [7, 11) is 1.65. The second kappa shape index (κ2) is 4.40. The van der Waals surface area contributed by atoms with Crippen molar-refractivity contribution < 1.29 is 4.79 Å². The number of hydrogen-bond donors (Lipinski definition) is 1. The number of amides is 1. The fourth-order valence-electron chi connectivity index (χ4n) is 1.04. The van der Waals surface area contributed by atoms with E-state index in [0.29, 0.717) is 5.56 Å². The van der Waals surface area contributed by atoms with Gasteiger partial charge >= 0.3 is 0 Å². The first-order valence-electron chi connectivity index (χ1n) is 4.16. The summed E-state index contributed by atoms with van der Waals surface area (Å²) in [6.07, 6.45) is 0. The minimum Gasteiger partial charge on any atom is -0.322 e. The van der Waals surface area contributed by atoms with Gasteiger partial charge < -0.3 is 10.6 Å². The van der Waals surface area contributed by atoms with Crippen LogP contribution in [0, 0.1) is 11.3 Å². The van der Waals surface area contributed by atoms with Crippen molar-refractivity contribution in [1.29, 1.82) is 5.26 Å². The summed E-state index contributed by atoms with van der Waals surface area (Å²) >= 11 is 0. The lowest BCUT2D eigenvalue weighted by Crippen LogP contribution is -2.32. The molecule has 1 rings (SSSR count). The molecule has 2 N–H and O–H groups in total. The van der Waals surface area contributed by atoms with E-state index in [1.165, 1.54) is 4.90 Å². The first-order valence-corrected chi connectivity index (χ1v) is 4.16. The van der Waals surface area contributed by atoms with Gasteiger partial charge in [0.25, 0.3) is 0 Å². The van der Waals surface area contributed by atoms with E-state index < -0.39 is 0 Å². The first kappa shape index (κ1) is 10.2. The van der Waals surface area contributed by atoms with Crippen LogP contribution in [0.2, 0.25) is 0 Å². The van der Waals surface area contributed by atoms with Crippen molar-refractivity contribution in [2.75, 3.05) is 18.5 Å². The zero-order chi connectivity index (χ0) is 10.6. The van der Waals surface area contributed by atoms with Crippen LogP contribution in [0.25, 0.3) is 0 Å². The third-order valence-corrected chi connectivity index (χ3v) is 1.93. The molecule has 72 valence electrons. The molecule has 0 atom stereocenters. The summed E-state index contributed by atoms with van der Waals surface area (Å²) in [5, 5.41) is 8.57. The van der Waals surface area contributed by atoms with E-state index in [9.17, 15) is 4.79 Å². The molecule has 0 heterocycles. The summed E-state index contributed by atoms with van der Waals surface area (Å²) in [5.74, 6) is -0.158. The molecule has 4 heteroatoms. The highest BCUT2D eigenvalue weighted by Gasteiger charge is 2.07. The van der Waals surface area contributed by atoms with Gasteiger partial charge in [0.15, 0.2) is 0 Å². The third kappa shape index (κ3) is 2.09. The van der Waals surface area contributed by atoms with Crippen LogP contribution in [0.15, 0.2) is 24.3 Å². The summed E-state index contributed by atoms with van der Waals surface area (Å²) in [4.78, 5) is 12.7. The quantitative estimate of drug-likeness (QED) is 0.735. The smallest absolute Gasteiger partial charge is 0.240 e. The van der Waals surface area contributed by atoms with E-state index in [0.717, 1.165) is 5.69 Å². The Labute approximate surface area is 82.5 Å². The fourth-order valence-corrected chi connectivity index (χ4v) is 1.04. The maximum absolute atomic E-state index is 11.2. The molecule has 0 aliphatic rings. The summed E-state index contributed by atoms with van der Waals surface area (Å²) in [6.45, 7) is -0.0174. The highest BCUT2D eigenvalue weighted by atomic mass is 16.2. The number of likely N-dealkylation sites (N-methyl/N-ethyl adjacent to an activating group) is 1. The number of benzene rings is 1. The van der Waals surface area contributed by atoms with Crippen LogP contribution < -0.4 is 10.6 Å². The maximum atomic E-state index is 11.2. The normalized spacial score (nSPS) is 9.21. The van der Waals surface area contributed by atoms with Crippen LogP contribution in [0.5, 0.6) is 0 Å². The van der Waals surface area contributed by atoms with Crippen molar-refractivity contribution in [2.24, 2.45) is 5.73 Å². The van der Waals surface area contributed by atoms with Crippen molar-refractivity contribution in [3.05, 3.63) is 29.8 Å². The van der Waals surface area contributed by atoms with Crippen molar-refractivity contribution in [1.82, 2.24) is 0 Å². The molecule has 0 radical (unpaired) electrons. The molecular formula is C10H11N3O. The average Bonchev–Trinajstić information content (AvgIpc) is 2.27. The Morgan fingerprint density at radius 1 is 1.50 bits per heavy atom. The lowest BCUT2D eigenvalue weighted by molar-refractivity contribution is -0.117. The lowest BCUT2D eigenvalue weighted by Gasteiger charge is -2.15. The van der Waals surface area contributed by atoms with Gasteiger partial charge in [-0.3, -0.25) is 4.79 Å². The molecule has 0 aromatic heterocycles. The molecule has 0 bridgehead atoms. The third-order valence-electron chi connectivity index (χ3n) is 1.93. The van der Waals surface area contributed by atoms with Gasteiger partial charge in [0.05, 0.1) is 18.2 Å². The minimum atomic E-state index is -0.158. The lowest BCUT2D eigenvalue weighted by atomic mass is 10.2. The predicted octanol–water partition coefficient (Wildman–Crippen LogP) is 0.480. The van der Waals surface area contributed by atoms with Gasteiger partial charge in [0.2, 0.25) is 5.91 Å². The number of nitrogens with two attached hydrogens (primary N) is 1. The van der Waals surface area contributed by atoms with Gasteiger partial charge in [-0.25, -0.2) is 0 Å². The Hall–Kier alpha value is -1.86. The van der Waals surface area contributed by atoms with E-state index in [1.54, 1.807) is 31.3 Å². The number of anilines is 1. The molecule has 0 spiro atoms. The van der Waals surface area contributed by atoms with Gasteiger partial charge in [-0.05, 0) is 24.3 Å². The second-order valence-corrected chi connectivity index (χ2v) is 2.82. The second-order valence-electron chi connectivity index (χ2n) is 2.82. The molecule has 0 unspecified atom stereocenters. The number of carbonyl (C=O) groups is 1. The predicted molar refractivity (Wildman–Crippen MR) is 53.6 cm³/mol. The van der Waals surface area contributed by atoms with Crippen molar-refractivity contribution >= 4 is 11.6 Å². The van der Waals surface area contributed by atoms with Crippen LogP contribution in [-0.2, 0) is 4.79 Å². The number of hydrogen-bond acceptors (Lipinski definition) is 3. The molecule has 4 nitrogen and oxygen atoms in total. The van der Waals surface area contributed by atoms with Crippen LogP contribution in [-0.4, -0.2) is 19.5 Å². The van der Waals surface area contributed by atoms with E-state index in [-0.39, 0.29) is 12.5 Å². The standard InChI is InChI=1S/C10H11N3O/c1-13(10(14)7-12)9-4-2-8(6-11)3-5-9/h2-5H,7,12H2,1H3. The highest BCUT2D eigenvalue weighted by Crippen LogP contribution is 2.12. The molecule has 0 saturated carbocycles. The molecule has 0 aliphatic carbocycles. The number of nitriles is 1. The topological polar surface area (TPSA) is 70.1 Å². The van der Waals surface area contributed by atoms with E-state index >= 15 is 0 Å². The average molecular weight is 189 g/mol. The van der Waals surface area contributed by atoms with Crippen LogP contribution in [0.1, 0.15) is 5.56 Å². The largest absolute Gasteiger partial charge is 0.322 e. The molecule has 1 amide bonds. The Morgan fingerprint density at radius 3 is 2.50 bits per heavy atom. The van der Waals surface area contributed by atoms with Gasteiger partial charge in [-0.15, -0.1) is 0 Å². The Bertz CT molecular complexity index is 364. The van der Waals surface area contributed by atoms with E-state index in [2.05, 4.69) is 0 Å². The first-order chi connectivity index (χ1) is 6.69. The van der Waals surface area contributed by atoms with Gasteiger partial charge in [-0.1, -0.05) is 0 Å². The van der Waals surface area contributed by atoms with Crippen molar-refractivity contribution in [2.45, 2.75) is 0 Å². The maximum Gasteiger partial charge on any atom is 0.240 e. The van der Waals surface area contributed by atoms with Gasteiger partial charge in [0, 0.05) is 12.7 Å². The summed E-state index contributed by atoms with van der Waals surface area (Å²) < 4.78 is 0. The van der Waals surface area contributed by atoms with Gasteiger partial charge in [-0.2, -0.15) is 5.26 Å². The monoisotopic (exact) mass is 189 g/mol. The Morgan fingerprint density at radius 2 is 2.07 bits per heavy atom. The van der Waals surface area contributed by atoms with E-state index in [1.807, 2.05) is 6.07 Å². The number of carbonyl (C=O) groups excluding carboxylic acids is 1. The van der Waals surface area contributed by atoms with Crippen LogP contribution in [0.4, 0.5) is 5.69 Å². The molecular weight excluding hydrogens is 178 g/mol. The highest BCUT2D eigenvalue weighted by molar-refractivity contribution is 5.94. The Kier molecular flexibility index (Phi) is 3.21. The van der Waals surface area contributed by atoms with Crippen molar-refractivity contribution in [3.63, 3.8) is 0 Å². The number of rotatable bonds is 2. The molecule has 14 heavy (non-hydrogen) atoms. The Balaban J connectivity index is 2.88. The summed E-state index contributed by atoms with van der Waals surface area (Å²) in [6, 6.07) is 8.76. The zero-order valence-corrected chi connectivity index (χ0v) is 7.90.